The summed E-state index contributed by atoms with van der Waals surface area (Å²) in [5.74, 6) is -1.16. The minimum Gasteiger partial charge on any atom is -0.480 e. The van der Waals surface area contributed by atoms with E-state index in [1.54, 1.807) is 0 Å². The van der Waals surface area contributed by atoms with Crippen molar-refractivity contribution in [3.05, 3.63) is 91.0 Å². The minimum absolute atomic E-state index is 0.219. The van der Waals surface area contributed by atoms with Gasteiger partial charge in [-0.15, -0.1) is 0 Å². The van der Waals surface area contributed by atoms with E-state index in [9.17, 15) is 18.3 Å². The first-order chi connectivity index (χ1) is 14.8. The number of benzene rings is 3. The molecule has 3 rings (SSSR count). The van der Waals surface area contributed by atoms with Crippen LogP contribution in [0, 0.1) is 0 Å². The summed E-state index contributed by atoms with van der Waals surface area (Å²) in [5, 5.41) is 13.2. The fraction of sp³-hybridized carbons (Fsp3) is 0.208. The van der Waals surface area contributed by atoms with Crippen LogP contribution in [0.3, 0.4) is 0 Å². The molecule has 0 heterocycles. The number of carbonyl (C=O) groups is 1. The number of rotatable bonds is 10. The quantitative estimate of drug-likeness (QED) is 0.460. The van der Waals surface area contributed by atoms with Gasteiger partial charge in [-0.2, -0.15) is 0 Å². The van der Waals surface area contributed by atoms with E-state index >= 15 is 0 Å². The number of hydrogen-bond acceptors (Lipinski definition) is 3. The lowest BCUT2D eigenvalue weighted by Crippen LogP contribution is -2.40. The standard InChI is InChI=1S/C24H26NO4PS/c1-31(28,29)25-23(24(26)27)18-11-19-30(20-12-5-2-6-13-20,21-14-7-3-8-15-21)22-16-9-4-10-17-22/h2-10,12-17,23,25H,11,18-19H2,1H3/p+1. The highest BCUT2D eigenvalue weighted by molar-refractivity contribution is 7.95. The Morgan fingerprint density at radius 3 is 1.55 bits per heavy atom. The fourth-order valence-corrected chi connectivity index (χ4v) is 9.01. The molecule has 162 valence electrons. The summed E-state index contributed by atoms with van der Waals surface area (Å²) in [6.07, 6.45) is 2.50. The summed E-state index contributed by atoms with van der Waals surface area (Å²) in [4.78, 5) is 11.6. The molecular formula is C24H27NO4PS+. The second kappa shape index (κ2) is 10.2. The molecule has 0 amide bonds. The molecule has 3 aromatic rings. The smallest absolute Gasteiger partial charge is 0.321 e. The predicted octanol–water partition coefficient (Wildman–Crippen LogP) is 2.76. The number of carboxylic acids is 1. The zero-order valence-corrected chi connectivity index (χ0v) is 19.1. The first kappa shape index (κ1) is 23.1. The number of carboxylic acid groups (broad SMARTS) is 1. The highest BCUT2D eigenvalue weighted by atomic mass is 32.2. The maximum absolute atomic E-state index is 11.6. The van der Waals surface area contributed by atoms with E-state index in [2.05, 4.69) is 41.1 Å². The molecule has 2 N–H and O–H groups in total. The Hall–Kier alpha value is -2.53. The van der Waals surface area contributed by atoms with Crippen LogP contribution in [0.25, 0.3) is 0 Å². The van der Waals surface area contributed by atoms with E-state index in [1.807, 2.05) is 54.6 Å². The minimum atomic E-state index is -3.61. The van der Waals surface area contributed by atoms with Gasteiger partial charge in [0.25, 0.3) is 0 Å². The summed E-state index contributed by atoms with van der Waals surface area (Å²) in [6.45, 7) is 0. The molecule has 0 radical (unpaired) electrons. The zero-order chi connectivity index (χ0) is 22.3. The van der Waals surface area contributed by atoms with E-state index in [1.165, 1.54) is 15.9 Å². The van der Waals surface area contributed by atoms with Gasteiger partial charge in [0.15, 0.2) is 0 Å². The van der Waals surface area contributed by atoms with Crippen LogP contribution >= 0.6 is 7.26 Å². The Morgan fingerprint density at radius 2 is 1.23 bits per heavy atom. The van der Waals surface area contributed by atoms with Crippen molar-refractivity contribution in [2.24, 2.45) is 0 Å². The van der Waals surface area contributed by atoms with Gasteiger partial charge in [0, 0.05) is 0 Å². The Bertz CT molecular complexity index is 994. The van der Waals surface area contributed by atoms with Gasteiger partial charge in [-0.05, 0) is 49.2 Å². The lowest BCUT2D eigenvalue weighted by Gasteiger charge is -2.28. The lowest BCUT2D eigenvalue weighted by molar-refractivity contribution is -0.139. The SMILES string of the molecule is CS(=O)(=O)NC(CCC[P+](c1ccccc1)(c1ccccc1)c1ccccc1)C(=O)O. The van der Waals surface area contributed by atoms with Crippen LogP contribution in [0.15, 0.2) is 91.0 Å². The fourth-order valence-electron chi connectivity index (χ4n) is 3.91. The molecule has 0 aliphatic heterocycles. The van der Waals surface area contributed by atoms with Gasteiger partial charge in [-0.25, -0.2) is 13.1 Å². The van der Waals surface area contributed by atoms with Crippen molar-refractivity contribution in [1.82, 2.24) is 4.72 Å². The number of sulfonamides is 1. The van der Waals surface area contributed by atoms with Gasteiger partial charge in [-0.3, -0.25) is 4.79 Å². The van der Waals surface area contributed by atoms with E-state index in [0.29, 0.717) is 6.42 Å². The van der Waals surface area contributed by atoms with Crippen molar-refractivity contribution in [1.29, 1.82) is 0 Å². The lowest BCUT2D eigenvalue weighted by atomic mass is 10.2. The summed E-state index contributed by atoms with van der Waals surface area (Å²) < 4.78 is 25.5. The molecule has 1 unspecified atom stereocenters. The molecule has 1 atom stereocenters. The first-order valence-electron chi connectivity index (χ1n) is 10.1. The summed E-state index contributed by atoms with van der Waals surface area (Å²) >= 11 is 0. The second-order valence-corrected chi connectivity index (χ2v) is 12.9. The number of nitrogens with one attached hydrogen (secondary N) is 1. The van der Waals surface area contributed by atoms with E-state index in [4.69, 9.17) is 0 Å². The maximum atomic E-state index is 11.6. The molecule has 0 fully saturated rings. The molecule has 5 nitrogen and oxygen atoms in total. The van der Waals surface area contributed by atoms with Crippen molar-refractivity contribution in [3.63, 3.8) is 0 Å². The summed E-state index contributed by atoms with van der Waals surface area (Å²) in [5.41, 5.74) is 0. The van der Waals surface area contributed by atoms with Crippen molar-refractivity contribution >= 4 is 39.2 Å². The van der Waals surface area contributed by atoms with Crippen molar-refractivity contribution < 1.29 is 18.3 Å². The molecule has 0 aliphatic carbocycles. The van der Waals surface area contributed by atoms with E-state index < -0.39 is 29.3 Å². The average molecular weight is 457 g/mol. The van der Waals surface area contributed by atoms with Gasteiger partial charge in [-0.1, -0.05) is 54.6 Å². The van der Waals surface area contributed by atoms with Crippen LogP contribution in [0.4, 0.5) is 0 Å². The largest absolute Gasteiger partial charge is 0.480 e. The Morgan fingerprint density at radius 1 is 0.839 bits per heavy atom. The van der Waals surface area contributed by atoms with Crippen molar-refractivity contribution in [3.8, 4) is 0 Å². The third kappa shape index (κ3) is 5.79. The van der Waals surface area contributed by atoms with Gasteiger partial charge < -0.3 is 5.11 Å². The van der Waals surface area contributed by atoms with Gasteiger partial charge in [0.05, 0.1) is 12.4 Å². The van der Waals surface area contributed by atoms with Crippen molar-refractivity contribution in [2.45, 2.75) is 18.9 Å². The van der Waals surface area contributed by atoms with Crippen LogP contribution in [0.5, 0.6) is 0 Å². The van der Waals surface area contributed by atoms with Crippen molar-refractivity contribution in [2.75, 3.05) is 12.4 Å². The Labute approximate surface area is 184 Å². The van der Waals surface area contributed by atoms with Gasteiger partial charge in [0.1, 0.15) is 29.2 Å². The summed E-state index contributed by atoms with van der Waals surface area (Å²) in [6, 6.07) is 29.8. The normalized spacial score (nSPS) is 12.9. The molecule has 0 aromatic heterocycles. The maximum Gasteiger partial charge on any atom is 0.321 e. The monoisotopic (exact) mass is 456 g/mol. The third-order valence-electron chi connectivity index (χ3n) is 5.23. The molecule has 0 spiro atoms. The second-order valence-electron chi connectivity index (χ2n) is 7.46. The van der Waals surface area contributed by atoms with Crippen LogP contribution in [0.1, 0.15) is 12.8 Å². The van der Waals surface area contributed by atoms with E-state index in [0.717, 1.165) is 12.4 Å². The highest BCUT2D eigenvalue weighted by Gasteiger charge is 2.44. The van der Waals surface area contributed by atoms with Crippen LogP contribution < -0.4 is 20.6 Å². The van der Waals surface area contributed by atoms with Gasteiger partial charge in [0.2, 0.25) is 10.0 Å². The van der Waals surface area contributed by atoms with Crippen LogP contribution in [0.2, 0.25) is 0 Å². The molecule has 0 aliphatic rings. The Kier molecular flexibility index (Phi) is 7.60. The number of aliphatic carboxylic acids is 1. The predicted molar refractivity (Wildman–Crippen MR) is 129 cm³/mol. The first-order valence-corrected chi connectivity index (χ1v) is 13.9. The topological polar surface area (TPSA) is 83.5 Å². The molecule has 0 saturated heterocycles. The molecule has 31 heavy (non-hydrogen) atoms. The third-order valence-corrected chi connectivity index (χ3v) is 10.5. The molecule has 0 bridgehead atoms. The highest BCUT2D eigenvalue weighted by Crippen LogP contribution is 2.55. The Balaban J connectivity index is 2.03. The van der Waals surface area contributed by atoms with Crippen LogP contribution in [-0.2, 0) is 14.8 Å². The average Bonchev–Trinajstić information content (AvgIpc) is 2.77. The molecule has 0 saturated carbocycles. The van der Waals surface area contributed by atoms with Crippen LogP contribution in [-0.4, -0.2) is 38.0 Å². The molecular weight excluding hydrogens is 429 g/mol. The van der Waals surface area contributed by atoms with Gasteiger partial charge >= 0.3 is 5.97 Å². The number of hydrogen-bond donors (Lipinski definition) is 2. The molecule has 3 aromatic carbocycles. The summed E-state index contributed by atoms with van der Waals surface area (Å²) in [7, 11) is -5.67. The molecule has 7 heteroatoms. The van der Waals surface area contributed by atoms with E-state index in [-0.39, 0.29) is 6.42 Å². The zero-order valence-electron chi connectivity index (χ0n) is 17.4.